The smallest absolute Gasteiger partial charge is 0.324 e. The quantitative estimate of drug-likeness (QED) is 0.477. The highest BCUT2D eigenvalue weighted by Gasteiger charge is 2.32. The molecule has 0 aromatic heterocycles. The molecule has 1 aromatic rings. The fourth-order valence-electron chi connectivity index (χ4n) is 1.63. The van der Waals surface area contributed by atoms with Gasteiger partial charge in [-0.25, -0.2) is 8.42 Å². The van der Waals surface area contributed by atoms with E-state index in [-0.39, 0.29) is 16.1 Å². The molecule has 0 heterocycles. The molecule has 20 heavy (non-hydrogen) atoms. The monoisotopic (exact) mass is 301 g/mol. The van der Waals surface area contributed by atoms with Gasteiger partial charge in [0, 0.05) is 17.5 Å². The van der Waals surface area contributed by atoms with Gasteiger partial charge in [0.2, 0.25) is 0 Å². The van der Waals surface area contributed by atoms with Crippen LogP contribution in [0.3, 0.4) is 0 Å². The van der Waals surface area contributed by atoms with E-state index in [2.05, 4.69) is 9.47 Å². The first kappa shape index (κ1) is 16.0. The summed E-state index contributed by atoms with van der Waals surface area (Å²) in [6.07, 6.45) is 1.03. The van der Waals surface area contributed by atoms with E-state index < -0.39 is 27.7 Å². The second-order valence-corrected chi connectivity index (χ2v) is 6.06. The summed E-state index contributed by atoms with van der Waals surface area (Å²) in [5.41, 5.74) is 5.85. The van der Waals surface area contributed by atoms with Gasteiger partial charge in [0.25, 0.3) is 0 Å². The summed E-state index contributed by atoms with van der Waals surface area (Å²) in [4.78, 5) is 23.3. The summed E-state index contributed by atoms with van der Waals surface area (Å²) in [5.74, 6) is -3.02. The summed E-state index contributed by atoms with van der Waals surface area (Å²) in [5, 5.41) is 0. The minimum atomic E-state index is -3.43. The van der Waals surface area contributed by atoms with Crippen molar-refractivity contribution >= 4 is 27.5 Å². The number of methoxy groups -OCH3 is 2. The zero-order valence-corrected chi connectivity index (χ0v) is 12.1. The summed E-state index contributed by atoms with van der Waals surface area (Å²) >= 11 is 0. The van der Waals surface area contributed by atoms with Crippen molar-refractivity contribution in [3.8, 4) is 0 Å². The molecule has 7 nitrogen and oxygen atoms in total. The van der Waals surface area contributed by atoms with Crippen LogP contribution in [0, 0.1) is 0 Å². The predicted molar refractivity (Wildman–Crippen MR) is 70.7 cm³/mol. The van der Waals surface area contributed by atoms with E-state index in [0.29, 0.717) is 0 Å². The van der Waals surface area contributed by atoms with Gasteiger partial charge in [0.05, 0.1) is 19.1 Å². The predicted octanol–water partition coefficient (Wildman–Crippen LogP) is 0.102. The maximum atomic E-state index is 11.6. The van der Waals surface area contributed by atoms with Gasteiger partial charge in [0.1, 0.15) is 0 Å². The normalized spacial score (nSPS) is 11.2. The van der Waals surface area contributed by atoms with E-state index in [1.807, 2.05) is 0 Å². The molecule has 0 aliphatic heterocycles. The second-order valence-electron chi connectivity index (χ2n) is 4.04. The van der Waals surface area contributed by atoms with Gasteiger partial charge < -0.3 is 15.2 Å². The van der Waals surface area contributed by atoms with E-state index >= 15 is 0 Å². The summed E-state index contributed by atoms with van der Waals surface area (Å²) in [6.45, 7) is 0. The summed E-state index contributed by atoms with van der Waals surface area (Å²) in [7, 11) is -1.18. The number of nitrogens with two attached hydrogens (primary N) is 1. The molecule has 0 atom stereocenters. The number of sulfone groups is 1. The van der Waals surface area contributed by atoms with Crippen LogP contribution in [0.5, 0.6) is 0 Å². The van der Waals surface area contributed by atoms with Crippen molar-refractivity contribution in [3.63, 3.8) is 0 Å². The summed E-state index contributed by atoms with van der Waals surface area (Å²) in [6, 6.07) is 3.74. The number of anilines is 1. The number of esters is 2. The molecular weight excluding hydrogens is 286 g/mol. The van der Waals surface area contributed by atoms with Gasteiger partial charge in [-0.05, 0) is 12.1 Å². The number of nitrogen functional groups attached to an aromatic ring is 1. The first-order chi connectivity index (χ1) is 9.22. The lowest BCUT2D eigenvalue weighted by Crippen LogP contribution is -2.25. The van der Waals surface area contributed by atoms with Gasteiger partial charge in [0.15, 0.2) is 15.8 Å². The fourth-order valence-corrected chi connectivity index (χ4v) is 2.29. The molecule has 0 fully saturated rings. The van der Waals surface area contributed by atoms with E-state index in [1.54, 1.807) is 0 Å². The van der Waals surface area contributed by atoms with Gasteiger partial charge in [-0.2, -0.15) is 0 Å². The van der Waals surface area contributed by atoms with Crippen molar-refractivity contribution in [2.75, 3.05) is 26.2 Å². The Kier molecular flexibility index (Phi) is 4.72. The minimum absolute atomic E-state index is 0.00581. The lowest BCUT2D eigenvalue weighted by atomic mass is 9.97. The van der Waals surface area contributed by atoms with Crippen molar-refractivity contribution in [2.45, 2.75) is 10.8 Å². The number of benzene rings is 1. The van der Waals surface area contributed by atoms with Crippen LogP contribution in [0.1, 0.15) is 11.5 Å². The van der Waals surface area contributed by atoms with Crippen LogP contribution in [-0.2, 0) is 28.9 Å². The molecule has 0 radical (unpaired) electrons. The minimum Gasteiger partial charge on any atom is -0.468 e. The maximum Gasteiger partial charge on any atom is 0.324 e. The van der Waals surface area contributed by atoms with Gasteiger partial charge in [-0.1, -0.05) is 6.07 Å². The Morgan fingerprint density at radius 3 is 2.00 bits per heavy atom. The number of rotatable bonds is 4. The van der Waals surface area contributed by atoms with Crippen molar-refractivity contribution in [2.24, 2.45) is 0 Å². The first-order valence-electron chi connectivity index (χ1n) is 5.47. The molecule has 110 valence electrons. The maximum absolute atomic E-state index is 11.6. The van der Waals surface area contributed by atoms with Crippen molar-refractivity contribution in [3.05, 3.63) is 23.8 Å². The molecule has 0 saturated heterocycles. The van der Waals surface area contributed by atoms with Crippen LogP contribution >= 0.6 is 0 Å². The van der Waals surface area contributed by atoms with Crippen molar-refractivity contribution in [1.29, 1.82) is 0 Å². The van der Waals surface area contributed by atoms with E-state index in [9.17, 15) is 18.0 Å². The molecule has 0 aliphatic carbocycles. The number of ether oxygens (including phenoxy) is 2. The highest BCUT2D eigenvalue weighted by molar-refractivity contribution is 7.90. The van der Waals surface area contributed by atoms with Crippen molar-refractivity contribution in [1.82, 2.24) is 0 Å². The molecule has 0 spiro atoms. The Bertz CT molecular complexity index is 621. The average Bonchev–Trinajstić information content (AvgIpc) is 2.38. The lowest BCUT2D eigenvalue weighted by molar-refractivity contribution is -0.154. The number of hydrogen-bond acceptors (Lipinski definition) is 7. The lowest BCUT2D eigenvalue weighted by Gasteiger charge is -2.15. The topological polar surface area (TPSA) is 113 Å². The molecule has 1 rings (SSSR count). The van der Waals surface area contributed by atoms with Crippen LogP contribution in [0.4, 0.5) is 5.69 Å². The number of carbonyl (C=O) groups is 2. The van der Waals surface area contributed by atoms with E-state index in [0.717, 1.165) is 20.5 Å². The molecule has 8 heteroatoms. The third-order valence-corrected chi connectivity index (χ3v) is 3.78. The van der Waals surface area contributed by atoms with Gasteiger partial charge in [-0.3, -0.25) is 9.59 Å². The Balaban J connectivity index is 3.36. The third kappa shape index (κ3) is 3.27. The standard InChI is InChI=1S/C12H15NO6S/c1-18-11(14)10(12(15)19-2)8-5-4-7(6-9(8)13)20(3,16)17/h4-6,10H,13H2,1-3H3. The molecule has 0 aliphatic rings. The second kappa shape index (κ2) is 5.91. The van der Waals surface area contributed by atoms with Crippen LogP contribution in [0.15, 0.2) is 23.1 Å². The first-order valence-corrected chi connectivity index (χ1v) is 7.36. The molecule has 0 unspecified atom stereocenters. The number of hydrogen-bond donors (Lipinski definition) is 1. The molecule has 1 aromatic carbocycles. The Labute approximate surface area is 116 Å². The van der Waals surface area contributed by atoms with Crippen LogP contribution in [-0.4, -0.2) is 40.8 Å². The Morgan fingerprint density at radius 2 is 1.65 bits per heavy atom. The van der Waals surface area contributed by atoms with Gasteiger partial charge >= 0.3 is 11.9 Å². The molecule has 0 bridgehead atoms. The average molecular weight is 301 g/mol. The number of carbonyl (C=O) groups excluding carboxylic acids is 2. The zero-order chi connectivity index (χ0) is 15.5. The summed E-state index contributed by atoms with van der Waals surface area (Å²) < 4.78 is 31.9. The third-order valence-electron chi connectivity index (χ3n) is 2.67. The highest BCUT2D eigenvalue weighted by atomic mass is 32.2. The Morgan fingerprint density at radius 1 is 1.15 bits per heavy atom. The van der Waals surface area contributed by atoms with E-state index in [1.165, 1.54) is 18.2 Å². The van der Waals surface area contributed by atoms with Crippen LogP contribution in [0.25, 0.3) is 0 Å². The van der Waals surface area contributed by atoms with Crippen molar-refractivity contribution < 1.29 is 27.5 Å². The van der Waals surface area contributed by atoms with Crippen LogP contribution < -0.4 is 5.73 Å². The van der Waals surface area contributed by atoms with Crippen LogP contribution in [0.2, 0.25) is 0 Å². The van der Waals surface area contributed by atoms with Gasteiger partial charge in [-0.15, -0.1) is 0 Å². The Hall–Kier alpha value is -2.09. The molecule has 2 N–H and O–H groups in total. The fraction of sp³-hybridized carbons (Fsp3) is 0.333. The molecule has 0 amide bonds. The van der Waals surface area contributed by atoms with E-state index in [4.69, 9.17) is 5.73 Å². The molecular formula is C12H15NO6S. The zero-order valence-electron chi connectivity index (χ0n) is 11.2. The highest BCUT2D eigenvalue weighted by Crippen LogP contribution is 2.27. The largest absolute Gasteiger partial charge is 0.468 e. The molecule has 0 saturated carbocycles. The SMILES string of the molecule is COC(=O)C(C(=O)OC)c1ccc(S(C)(=O)=O)cc1N.